The van der Waals surface area contributed by atoms with Crippen LogP contribution in [0.5, 0.6) is 11.5 Å². The van der Waals surface area contributed by atoms with Crippen molar-refractivity contribution < 1.29 is 34.1 Å². The van der Waals surface area contributed by atoms with Gasteiger partial charge in [0.15, 0.2) is 11.5 Å². The molecule has 0 unspecified atom stereocenters. The number of nitrogens with zero attached hydrogens (tertiary/aromatic N) is 1. The highest BCUT2D eigenvalue weighted by Gasteiger charge is 2.24. The number of ether oxygens (including phenoxy) is 2. The minimum Gasteiger partial charge on any atom is -0.493 e. The third kappa shape index (κ3) is 8.49. The Labute approximate surface area is 263 Å². The van der Waals surface area contributed by atoms with Crippen LogP contribution in [0, 0.1) is 0 Å². The Kier molecular flexibility index (Phi) is 11.7. The lowest BCUT2D eigenvalue weighted by Gasteiger charge is -2.24. The summed E-state index contributed by atoms with van der Waals surface area (Å²) in [6.07, 6.45) is 0.235. The van der Waals surface area contributed by atoms with E-state index in [0.29, 0.717) is 46.8 Å². The van der Waals surface area contributed by atoms with E-state index in [9.17, 15) is 24.6 Å². The van der Waals surface area contributed by atoms with Gasteiger partial charge < -0.3 is 29.9 Å². The van der Waals surface area contributed by atoms with Crippen LogP contribution in [-0.4, -0.2) is 66.3 Å². The van der Waals surface area contributed by atoms with E-state index in [1.54, 1.807) is 55.6 Å². The summed E-state index contributed by atoms with van der Waals surface area (Å²) in [5.41, 5.74) is 3.42. The van der Waals surface area contributed by atoms with Crippen molar-refractivity contribution in [2.24, 2.45) is 0 Å². The highest BCUT2D eigenvalue weighted by atomic mass is 16.5. The summed E-state index contributed by atoms with van der Waals surface area (Å²) in [6, 6.07) is 28.1. The number of carboxylic acids is 1. The summed E-state index contributed by atoms with van der Waals surface area (Å²) >= 11 is 0. The molecule has 3 N–H and O–H groups in total. The Hall–Kier alpha value is -5.15. The lowest BCUT2D eigenvalue weighted by atomic mass is 9.94. The third-order valence-corrected chi connectivity index (χ3v) is 7.39. The quantitative estimate of drug-likeness (QED) is 0.165. The summed E-state index contributed by atoms with van der Waals surface area (Å²) in [5.74, 6) is -0.565. The predicted molar refractivity (Wildman–Crippen MR) is 172 cm³/mol. The first-order chi connectivity index (χ1) is 21.9. The monoisotopic (exact) mass is 610 g/mol. The number of aliphatic hydroxyl groups is 1. The SMILES string of the molecule is CCOc1ccc(CCN(CCC(=O)O)C(=O)c2ccccc2-c2ccccc2C(=O)N[C@H](CO)c2ccccc2)cc1OC. The molecule has 4 aromatic carbocycles. The van der Waals surface area contributed by atoms with Gasteiger partial charge in [-0.05, 0) is 59.9 Å². The molecule has 0 heterocycles. The van der Waals surface area contributed by atoms with Gasteiger partial charge in [0.1, 0.15) is 0 Å². The van der Waals surface area contributed by atoms with Crippen LogP contribution < -0.4 is 14.8 Å². The minimum atomic E-state index is -1.01. The number of carbonyl (C=O) groups excluding carboxylic acids is 2. The molecule has 0 aromatic heterocycles. The van der Waals surface area contributed by atoms with Gasteiger partial charge in [0.25, 0.3) is 11.8 Å². The van der Waals surface area contributed by atoms with Gasteiger partial charge >= 0.3 is 5.97 Å². The topological polar surface area (TPSA) is 125 Å². The van der Waals surface area contributed by atoms with E-state index in [4.69, 9.17) is 9.47 Å². The van der Waals surface area contributed by atoms with Crippen LogP contribution in [0.2, 0.25) is 0 Å². The number of hydrogen-bond donors (Lipinski definition) is 3. The highest BCUT2D eigenvalue weighted by molar-refractivity contribution is 6.06. The van der Waals surface area contributed by atoms with Crippen molar-refractivity contribution in [3.05, 3.63) is 119 Å². The van der Waals surface area contributed by atoms with Crippen molar-refractivity contribution in [3.63, 3.8) is 0 Å². The zero-order valence-electron chi connectivity index (χ0n) is 25.4. The van der Waals surface area contributed by atoms with Gasteiger partial charge in [0.05, 0.1) is 32.8 Å². The number of amides is 2. The van der Waals surface area contributed by atoms with E-state index in [1.807, 2.05) is 55.5 Å². The number of aliphatic carboxylic acids is 1. The van der Waals surface area contributed by atoms with E-state index >= 15 is 0 Å². The van der Waals surface area contributed by atoms with Crippen LogP contribution in [0.4, 0.5) is 0 Å². The first-order valence-corrected chi connectivity index (χ1v) is 14.8. The van der Waals surface area contributed by atoms with E-state index in [0.717, 1.165) is 11.1 Å². The molecule has 4 rings (SSSR count). The fourth-order valence-electron chi connectivity index (χ4n) is 5.10. The third-order valence-electron chi connectivity index (χ3n) is 7.39. The molecule has 1 atom stereocenters. The number of carboxylic acid groups (broad SMARTS) is 1. The molecular weight excluding hydrogens is 572 g/mol. The van der Waals surface area contributed by atoms with Crippen LogP contribution in [0.3, 0.4) is 0 Å². The van der Waals surface area contributed by atoms with Crippen molar-refractivity contribution in [3.8, 4) is 22.6 Å². The average molecular weight is 611 g/mol. The van der Waals surface area contributed by atoms with Crippen molar-refractivity contribution in [2.75, 3.05) is 33.4 Å². The predicted octanol–water partition coefficient (Wildman–Crippen LogP) is 5.38. The molecule has 0 radical (unpaired) electrons. The Morgan fingerprint density at radius 1 is 0.822 bits per heavy atom. The van der Waals surface area contributed by atoms with E-state index in [1.165, 1.54) is 4.90 Å². The maximum absolute atomic E-state index is 14.1. The summed E-state index contributed by atoms with van der Waals surface area (Å²) in [5, 5.41) is 22.3. The number of carbonyl (C=O) groups is 3. The molecule has 9 nitrogen and oxygen atoms in total. The molecule has 0 fully saturated rings. The van der Waals surface area contributed by atoms with E-state index in [-0.39, 0.29) is 32.0 Å². The average Bonchev–Trinajstić information content (AvgIpc) is 3.07. The molecule has 0 saturated heterocycles. The maximum Gasteiger partial charge on any atom is 0.305 e. The number of benzene rings is 4. The summed E-state index contributed by atoms with van der Waals surface area (Å²) in [4.78, 5) is 40.7. The van der Waals surface area contributed by atoms with Gasteiger partial charge in [-0.3, -0.25) is 14.4 Å². The fourth-order valence-corrected chi connectivity index (χ4v) is 5.10. The molecule has 0 saturated carbocycles. The van der Waals surface area contributed by atoms with Crippen LogP contribution >= 0.6 is 0 Å². The lowest BCUT2D eigenvalue weighted by molar-refractivity contribution is -0.137. The fraction of sp³-hybridized carbons (Fsp3) is 0.250. The molecule has 4 aromatic rings. The summed E-state index contributed by atoms with van der Waals surface area (Å²) in [6.45, 7) is 2.36. The molecule has 234 valence electrons. The van der Waals surface area contributed by atoms with Crippen LogP contribution in [0.25, 0.3) is 11.1 Å². The molecule has 9 heteroatoms. The first-order valence-electron chi connectivity index (χ1n) is 14.8. The second-order valence-electron chi connectivity index (χ2n) is 10.3. The highest BCUT2D eigenvalue weighted by Crippen LogP contribution is 2.30. The van der Waals surface area contributed by atoms with Gasteiger partial charge in [-0.2, -0.15) is 0 Å². The van der Waals surface area contributed by atoms with Gasteiger partial charge in [0.2, 0.25) is 0 Å². The van der Waals surface area contributed by atoms with Crippen molar-refractivity contribution in [1.82, 2.24) is 10.2 Å². The molecule has 0 spiro atoms. The largest absolute Gasteiger partial charge is 0.493 e. The zero-order chi connectivity index (χ0) is 32.2. The second kappa shape index (κ2) is 16.1. The number of methoxy groups -OCH3 is 1. The molecule has 0 bridgehead atoms. The van der Waals surface area contributed by atoms with Crippen molar-refractivity contribution in [1.29, 1.82) is 0 Å². The van der Waals surface area contributed by atoms with Crippen molar-refractivity contribution in [2.45, 2.75) is 25.8 Å². The van der Waals surface area contributed by atoms with E-state index in [2.05, 4.69) is 5.32 Å². The Bertz CT molecular complexity index is 1610. The smallest absolute Gasteiger partial charge is 0.305 e. The number of nitrogens with one attached hydrogen (secondary N) is 1. The zero-order valence-corrected chi connectivity index (χ0v) is 25.4. The maximum atomic E-state index is 14.1. The summed E-state index contributed by atoms with van der Waals surface area (Å²) in [7, 11) is 1.56. The van der Waals surface area contributed by atoms with Gasteiger partial charge in [0, 0.05) is 24.2 Å². The molecular formula is C36H38N2O7. The first kappa shape index (κ1) is 32.8. The second-order valence-corrected chi connectivity index (χ2v) is 10.3. The van der Waals surface area contributed by atoms with Gasteiger partial charge in [-0.1, -0.05) is 72.8 Å². The number of hydrogen-bond acceptors (Lipinski definition) is 6. The van der Waals surface area contributed by atoms with Crippen LogP contribution in [0.15, 0.2) is 97.1 Å². The Morgan fingerprint density at radius 2 is 1.47 bits per heavy atom. The van der Waals surface area contributed by atoms with Crippen molar-refractivity contribution >= 4 is 17.8 Å². The van der Waals surface area contributed by atoms with E-state index < -0.39 is 17.9 Å². The van der Waals surface area contributed by atoms with Gasteiger partial charge in [-0.15, -0.1) is 0 Å². The Balaban J connectivity index is 1.62. The molecule has 2 amide bonds. The molecule has 0 aliphatic rings. The normalized spacial score (nSPS) is 11.4. The standard InChI is InChI=1S/C36H38N2O7/c1-3-45-32-18-17-25(23-33(32)44-2)19-21-38(22-20-34(40)41)36(43)30-16-10-8-14-28(30)27-13-7-9-15-29(27)35(42)37-31(24-39)26-11-5-4-6-12-26/h4-18,23,31,39H,3,19-22,24H2,1-2H3,(H,37,42)(H,40,41)/t31-/m1/s1. The molecule has 0 aliphatic heterocycles. The Morgan fingerprint density at radius 3 is 2.11 bits per heavy atom. The summed E-state index contributed by atoms with van der Waals surface area (Å²) < 4.78 is 11.1. The van der Waals surface area contributed by atoms with Gasteiger partial charge in [-0.25, -0.2) is 0 Å². The lowest BCUT2D eigenvalue weighted by Crippen LogP contribution is -2.35. The number of rotatable bonds is 15. The van der Waals surface area contributed by atoms with Crippen LogP contribution in [0.1, 0.15) is 51.2 Å². The molecule has 0 aliphatic carbocycles. The molecule has 45 heavy (non-hydrogen) atoms. The van der Waals surface area contributed by atoms with Crippen LogP contribution in [-0.2, 0) is 11.2 Å². The minimum absolute atomic E-state index is 0.00799. The number of aliphatic hydroxyl groups excluding tert-OH is 1.